The molecule has 0 aromatic carbocycles. The standard InChI is InChI=1S/C15H22N2O3S/c1-10(18)16-12(14-7-4-8-21-14)9-15(20)17-11-5-2-3-6-13(11)19/h4,7-8,11-13,19H,2-3,5-6,9H2,1H3,(H,16,18)(H,17,20)/t11-,12?,13-/m1/s1. The third-order valence-electron chi connectivity index (χ3n) is 3.73. The molecule has 2 rings (SSSR count). The monoisotopic (exact) mass is 310 g/mol. The molecule has 1 unspecified atom stereocenters. The van der Waals surface area contributed by atoms with Gasteiger partial charge in [0.2, 0.25) is 11.8 Å². The fourth-order valence-corrected chi connectivity index (χ4v) is 3.47. The van der Waals surface area contributed by atoms with Crippen molar-refractivity contribution in [1.29, 1.82) is 0 Å². The number of carbonyl (C=O) groups is 2. The summed E-state index contributed by atoms with van der Waals surface area (Å²) >= 11 is 1.52. The molecule has 3 atom stereocenters. The van der Waals surface area contributed by atoms with E-state index in [4.69, 9.17) is 0 Å². The predicted molar refractivity (Wildman–Crippen MR) is 81.9 cm³/mol. The van der Waals surface area contributed by atoms with Crippen molar-refractivity contribution in [2.24, 2.45) is 0 Å². The Labute approximate surface area is 128 Å². The van der Waals surface area contributed by atoms with E-state index in [2.05, 4.69) is 10.6 Å². The molecule has 0 radical (unpaired) electrons. The number of nitrogens with one attached hydrogen (secondary N) is 2. The minimum atomic E-state index is -0.455. The van der Waals surface area contributed by atoms with Gasteiger partial charge in [0.1, 0.15) is 0 Å². The van der Waals surface area contributed by atoms with E-state index in [9.17, 15) is 14.7 Å². The third kappa shape index (κ3) is 4.82. The Morgan fingerprint density at radius 3 is 2.81 bits per heavy atom. The summed E-state index contributed by atoms with van der Waals surface area (Å²) < 4.78 is 0. The molecule has 1 heterocycles. The molecule has 0 bridgehead atoms. The molecule has 5 nitrogen and oxygen atoms in total. The number of aliphatic hydroxyl groups excluding tert-OH is 1. The van der Waals surface area contributed by atoms with E-state index in [0.717, 1.165) is 30.6 Å². The molecule has 6 heteroatoms. The molecular formula is C15H22N2O3S. The zero-order valence-corrected chi connectivity index (χ0v) is 13.0. The van der Waals surface area contributed by atoms with Crippen molar-refractivity contribution in [1.82, 2.24) is 10.6 Å². The van der Waals surface area contributed by atoms with Gasteiger partial charge in [0, 0.05) is 11.8 Å². The maximum atomic E-state index is 12.2. The highest BCUT2D eigenvalue weighted by molar-refractivity contribution is 7.10. The second kappa shape index (κ2) is 7.56. The van der Waals surface area contributed by atoms with Gasteiger partial charge in [-0.3, -0.25) is 9.59 Å². The first-order chi connectivity index (χ1) is 10.1. The number of carbonyl (C=O) groups excluding carboxylic acids is 2. The molecule has 1 fully saturated rings. The third-order valence-corrected chi connectivity index (χ3v) is 4.72. The highest BCUT2D eigenvalue weighted by atomic mass is 32.1. The van der Waals surface area contributed by atoms with Crippen LogP contribution in [0.5, 0.6) is 0 Å². The largest absolute Gasteiger partial charge is 0.391 e. The molecule has 1 aromatic heterocycles. The van der Waals surface area contributed by atoms with Gasteiger partial charge in [-0.15, -0.1) is 11.3 Å². The zero-order valence-electron chi connectivity index (χ0n) is 12.2. The van der Waals surface area contributed by atoms with Crippen molar-refractivity contribution in [2.75, 3.05) is 0 Å². The minimum Gasteiger partial charge on any atom is -0.391 e. The van der Waals surface area contributed by atoms with E-state index in [-0.39, 0.29) is 30.3 Å². The topological polar surface area (TPSA) is 78.4 Å². The van der Waals surface area contributed by atoms with Crippen LogP contribution in [-0.2, 0) is 9.59 Å². The van der Waals surface area contributed by atoms with E-state index < -0.39 is 6.10 Å². The van der Waals surface area contributed by atoms with E-state index >= 15 is 0 Å². The van der Waals surface area contributed by atoms with Gasteiger partial charge in [0.25, 0.3) is 0 Å². The lowest BCUT2D eigenvalue weighted by Crippen LogP contribution is -2.46. The van der Waals surface area contributed by atoms with Gasteiger partial charge in [0.15, 0.2) is 0 Å². The molecular weight excluding hydrogens is 288 g/mol. The van der Waals surface area contributed by atoms with Crippen LogP contribution in [0.3, 0.4) is 0 Å². The highest BCUT2D eigenvalue weighted by Crippen LogP contribution is 2.23. The smallest absolute Gasteiger partial charge is 0.222 e. The number of amides is 2. The molecule has 1 aromatic rings. The van der Waals surface area contributed by atoms with Crippen LogP contribution in [0.1, 0.15) is 49.9 Å². The zero-order chi connectivity index (χ0) is 15.2. The first-order valence-electron chi connectivity index (χ1n) is 7.34. The number of hydrogen-bond acceptors (Lipinski definition) is 4. The Morgan fingerprint density at radius 1 is 1.43 bits per heavy atom. The van der Waals surface area contributed by atoms with Gasteiger partial charge in [-0.2, -0.15) is 0 Å². The fourth-order valence-electron chi connectivity index (χ4n) is 2.69. The average Bonchev–Trinajstić information content (AvgIpc) is 2.94. The molecule has 0 saturated heterocycles. The van der Waals surface area contributed by atoms with Crippen LogP contribution in [-0.4, -0.2) is 29.1 Å². The fraction of sp³-hybridized carbons (Fsp3) is 0.600. The van der Waals surface area contributed by atoms with Gasteiger partial charge in [-0.05, 0) is 24.3 Å². The van der Waals surface area contributed by atoms with Crippen LogP contribution in [0.15, 0.2) is 17.5 Å². The molecule has 21 heavy (non-hydrogen) atoms. The van der Waals surface area contributed by atoms with Crippen LogP contribution in [0, 0.1) is 0 Å². The van der Waals surface area contributed by atoms with Crippen molar-refractivity contribution in [3.63, 3.8) is 0 Å². The molecule has 1 saturated carbocycles. The maximum Gasteiger partial charge on any atom is 0.222 e. The Balaban J connectivity index is 1.93. The predicted octanol–water partition coefficient (Wildman–Crippen LogP) is 1.74. The first kappa shape index (κ1) is 16.0. The first-order valence-corrected chi connectivity index (χ1v) is 8.22. The molecule has 3 N–H and O–H groups in total. The lowest BCUT2D eigenvalue weighted by molar-refractivity contribution is -0.124. The van der Waals surface area contributed by atoms with Crippen molar-refractivity contribution >= 4 is 23.2 Å². The van der Waals surface area contributed by atoms with Gasteiger partial charge < -0.3 is 15.7 Å². The number of hydrogen-bond donors (Lipinski definition) is 3. The van der Waals surface area contributed by atoms with E-state index in [0.29, 0.717) is 0 Å². The second-order valence-corrected chi connectivity index (χ2v) is 6.48. The number of aliphatic hydroxyl groups is 1. The Kier molecular flexibility index (Phi) is 5.76. The summed E-state index contributed by atoms with van der Waals surface area (Å²) in [6.07, 6.45) is 3.34. The molecule has 1 aliphatic rings. The summed E-state index contributed by atoms with van der Waals surface area (Å²) in [5, 5.41) is 17.5. The quantitative estimate of drug-likeness (QED) is 0.775. The van der Waals surface area contributed by atoms with Crippen molar-refractivity contribution in [2.45, 2.75) is 57.2 Å². The Morgan fingerprint density at radius 2 is 2.19 bits per heavy atom. The summed E-state index contributed by atoms with van der Waals surface area (Å²) in [7, 11) is 0. The summed E-state index contributed by atoms with van der Waals surface area (Å²) in [5.41, 5.74) is 0. The minimum absolute atomic E-state index is 0.131. The lowest BCUT2D eigenvalue weighted by Gasteiger charge is -2.29. The summed E-state index contributed by atoms with van der Waals surface area (Å²) in [5.74, 6) is -0.285. The van der Waals surface area contributed by atoms with Gasteiger partial charge in [-0.25, -0.2) is 0 Å². The van der Waals surface area contributed by atoms with Gasteiger partial charge in [0.05, 0.1) is 24.6 Å². The molecule has 0 spiro atoms. The second-order valence-electron chi connectivity index (χ2n) is 5.50. The molecule has 1 aliphatic carbocycles. The summed E-state index contributed by atoms with van der Waals surface area (Å²) in [6, 6.07) is 3.35. The summed E-state index contributed by atoms with van der Waals surface area (Å²) in [6.45, 7) is 1.45. The van der Waals surface area contributed by atoms with Crippen LogP contribution >= 0.6 is 11.3 Å². The highest BCUT2D eigenvalue weighted by Gasteiger charge is 2.26. The Bertz CT molecular complexity index is 475. The normalized spacial score (nSPS) is 23.3. The SMILES string of the molecule is CC(=O)NC(CC(=O)N[C@@H]1CCCC[C@H]1O)c1cccs1. The van der Waals surface area contributed by atoms with Crippen LogP contribution in [0.4, 0.5) is 0 Å². The van der Waals surface area contributed by atoms with Crippen LogP contribution in [0.2, 0.25) is 0 Å². The van der Waals surface area contributed by atoms with Crippen molar-refractivity contribution < 1.29 is 14.7 Å². The van der Waals surface area contributed by atoms with Crippen LogP contribution < -0.4 is 10.6 Å². The average molecular weight is 310 g/mol. The maximum absolute atomic E-state index is 12.2. The van der Waals surface area contributed by atoms with E-state index in [1.807, 2.05) is 17.5 Å². The molecule has 2 amide bonds. The van der Waals surface area contributed by atoms with Gasteiger partial charge >= 0.3 is 0 Å². The summed E-state index contributed by atoms with van der Waals surface area (Å²) in [4.78, 5) is 24.4. The Hall–Kier alpha value is -1.40. The van der Waals surface area contributed by atoms with E-state index in [1.54, 1.807) is 0 Å². The molecule has 0 aliphatic heterocycles. The molecule has 116 valence electrons. The lowest BCUT2D eigenvalue weighted by atomic mass is 9.92. The van der Waals surface area contributed by atoms with Crippen molar-refractivity contribution in [3.8, 4) is 0 Å². The number of thiophene rings is 1. The van der Waals surface area contributed by atoms with Gasteiger partial charge in [-0.1, -0.05) is 18.9 Å². The van der Waals surface area contributed by atoms with Crippen LogP contribution in [0.25, 0.3) is 0 Å². The van der Waals surface area contributed by atoms with E-state index in [1.165, 1.54) is 18.3 Å². The number of rotatable bonds is 5. The van der Waals surface area contributed by atoms with Crippen molar-refractivity contribution in [3.05, 3.63) is 22.4 Å².